The molecule has 0 N–H and O–H groups in total. The number of aldehydes is 1. The molecule has 0 spiro atoms. The van der Waals surface area contributed by atoms with Crippen molar-refractivity contribution in [2.45, 2.75) is 26.4 Å². The molecule has 0 atom stereocenters. The van der Waals surface area contributed by atoms with E-state index in [0.717, 1.165) is 51.0 Å². The van der Waals surface area contributed by atoms with E-state index in [-0.39, 0.29) is 5.78 Å². The summed E-state index contributed by atoms with van der Waals surface area (Å²) in [4.78, 5) is 23.4. The van der Waals surface area contributed by atoms with Crippen LogP contribution < -0.4 is 4.74 Å². The van der Waals surface area contributed by atoms with Crippen LogP contribution in [0.1, 0.15) is 38.2 Å². The highest BCUT2D eigenvalue weighted by Crippen LogP contribution is 2.31. The summed E-state index contributed by atoms with van der Waals surface area (Å²) in [6, 6.07) is 19.2. The Kier molecular flexibility index (Phi) is 5.82. The molecule has 30 heavy (non-hydrogen) atoms. The molecule has 1 aliphatic carbocycles. The Morgan fingerprint density at radius 3 is 2.50 bits per heavy atom. The summed E-state index contributed by atoms with van der Waals surface area (Å²) < 4.78 is 5.92. The molecule has 0 saturated heterocycles. The first kappa shape index (κ1) is 20.1. The first-order valence-electron chi connectivity index (χ1n) is 9.81. The molecular weight excluding hydrogens is 396 g/mol. The summed E-state index contributed by atoms with van der Waals surface area (Å²) in [6.45, 7) is 2.41. The molecule has 3 nitrogen and oxygen atoms in total. The minimum absolute atomic E-state index is 0.0555. The molecule has 3 aromatic rings. The van der Waals surface area contributed by atoms with Crippen molar-refractivity contribution in [1.82, 2.24) is 0 Å². The summed E-state index contributed by atoms with van der Waals surface area (Å²) >= 11 is 6.15. The van der Waals surface area contributed by atoms with E-state index in [1.54, 1.807) is 0 Å². The predicted octanol–water partition coefficient (Wildman–Crippen LogP) is 5.79. The first-order valence-corrected chi connectivity index (χ1v) is 10.2. The molecule has 0 saturated carbocycles. The van der Waals surface area contributed by atoms with Crippen LogP contribution in [0.5, 0.6) is 5.75 Å². The van der Waals surface area contributed by atoms with E-state index in [4.69, 9.17) is 16.3 Å². The molecule has 1 aliphatic rings. The van der Waals surface area contributed by atoms with Gasteiger partial charge in [-0.15, -0.1) is 0 Å². The van der Waals surface area contributed by atoms with Gasteiger partial charge < -0.3 is 9.53 Å². The first-order chi connectivity index (χ1) is 14.5. The van der Waals surface area contributed by atoms with Gasteiger partial charge in [-0.05, 0) is 71.1 Å². The minimum Gasteiger partial charge on any atom is -0.489 e. The topological polar surface area (TPSA) is 43.4 Å². The number of allylic oxidation sites excluding steroid dienone is 1. The molecule has 0 fully saturated rings. The Morgan fingerprint density at radius 1 is 1.00 bits per heavy atom. The number of benzene rings is 3. The third kappa shape index (κ3) is 4.52. The fraction of sp³-hybridized carbons (Fsp3) is 0.154. The largest absolute Gasteiger partial charge is 0.489 e. The van der Waals surface area contributed by atoms with Crippen molar-refractivity contribution in [3.05, 3.63) is 105 Å². The highest BCUT2D eigenvalue weighted by atomic mass is 35.5. The lowest BCUT2D eigenvalue weighted by Crippen LogP contribution is -1.98. The van der Waals surface area contributed by atoms with Crippen molar-refractivity contribution in [2.24, 2.45) is 0 Å². The standard InChI is InChI=1S/C26H21ClO3/c1-17-10-20(13-23(27)11-17)12-22-14-21-15-24(6-7-25(21)26(22)29)30-16-19-4-2-18(3-5-19)8-9-28/h2-7,9-13,15H,8,14,16H2,1H3/b22-12+. The van der Waals surface area contributed by atoms with Crippen LogP contribution in [0.4, 0.5) is 0 Å². The fourth-order valence-electron chi connectivity index (χ4n) is 3.69. The van der Waals surface area contributed by atoms with Gasteiger partial charge >= 0.3 is 0 Å². The van der Waals surface area contributed by atoms with Gasteiger partial charge in [0.15, 0.2) is 5.78 Å². The van der Waals surface area contributed by atoms with E-state index in [1.807, 2.05) is 73.7 Å². The Balaban J connectivity index is 1.47. The normalized spacial score (nSPS) is 14.1. The predicted molar refractivity (Wildman–Crippen MR) is 119 cm³/mol. The lowest BCUT2D eigenvalue weighted by molar-refractivity contribution is -0.107. The quantitative estimate of drug-likeness (QED) is 0.377. The highest BCUT2D eigenvalue weighted by molar-refractivity contribution is 6.30. The average Bonchev–Trinajstić information content (AvgIpc) is 3.02. The number of ether oxygens (including phenoxy) is 1. The molecule has 4 rings (SSSR count). The Bertz CT molecular complexity index is 1120. The number of rotatable bonds is 6. The summed E-state index contributed by atoms with van der Waals surface area (Å²) in [6.07, 6.45) is 3.82. The maximum absolute atomic E-state index is 12.8. The van der Waals surface area contributed by atoms with Gasteiger partial charge in [-0.2, -0.15) is 0 Å². The minimum atomic E-state index is 0.0555. The van der Waals surface area contributed by atoms with Gasteiger partial charge in [0.05, 0.1) is 0 Å². The number of halogens is 1. The smallest absolute Gasteiger partial charge is 0.189 e. The zero-order chi connectivity index (χ0) is 21.1. The molecule has 0 heterocycles. The maximum Gasteiger partial charge on any atom is 0.189 e. The lowest BCUT2D eigenvalue weighted by atomic mass is 10.1. The third-order valence-electron chi connectivity index (χ3n) is 5.15. The van der Waals surface area contributed by atoms with Crippen molar-refractivity contribution in [3.8, 4) is 5.75 Å². The second kappa shape index (κ2) is 8.68. The van der Waals surface area contributed by atoms with Crippen LogP contribution in [0.3, 0.4) is 0 Å². The Labute approximate surface area is 181 Å². The number of hydrogen-bond donors (Lipinski definition) is 0. The molecule has 0 unspecified atom stereocenters. The van der Waals surface area contributed by atoms with Gasteiger partial charge in [-0.25, -0.2) is 0 Å². The van der Waals surface area contributed by atoms with Crippen molar-refractivity contribution >= 4 is 29.7 Å². The molecule has 0 aromatic heterocycles. The summed E-state index contributed by atoms with van der Waals surface area (Å²) in [5, 5.41) is 0.666. The van der Waals surface area contributed by atoms with Crippen LogP contribution >= 0.6 is 11.6 Å². The van der Waals surface area contributed by atoms with Crippen LogP contribution in [0.2, 0.25) is 5.02 Å². The number of ketones is 1. The van der Waals surface area contributed by atoms with Gasteiger partial charge in [0.2, 0.25) is 0 Å². The van der Waals surface area contributed by atoms with E-state index in [0.29, 0.717) is 24.5 Å². The second-order valence-electron chi connectivity index (χ2n) is 7.53. The molecule has 3 aromatic carbocycles. The van der Waals surface area contributed by atoms with Gasteiger partial charge in [0, 0.05) is 29.0 Å². The van der Waals surface area contributed by atoms with Crippen LogP contribution in [0.25, 0.3) is 6.08 Å². The molecule has 150 valence electrons. The van der Waals surface area contributed by atoms with Crippen LogP contribution in [0, 0.1) is 6.92 Å². The molecular formula is C26H21ClO3. The van der Waals surface area contributed by atoms with Crippen molar-refractivity contribution < 1.29 is 14.3 Å². The number of carbonyl (C=O) groups excluding carboxylic acids is 2. The van der Waals surface area contributed by atoms with Gasteiger partial charge in [0.1, 0.15) is 18.6 Å². The van der Waals surface area contributed by atoms with Gasteiger partial charge in [-0.3, -0.25) is 4.79 Å². The zero-order valence-electron chi connectivity index (χ0n) is 16.7. The number of fused-ring (bicyclic) bond motifs is 1. The van der Waals surface area contributed by atoms with E-state index in [9.17, 15) is 9.59 Å². The zero-order valence-corrected chi connectivity index (χ0v) is 17.4. The van der Waals surface area contributed by atoms with Gasteiger partial charge in [0.25, 0.3) is 0 Å². The summed E-state index contributed by atoms with van der Waals surface area (Å²) in [5.41, 5.74) is 6.47. The average molecular weight is 417 g/mol. The number of carbonyl (C=O) groups is 2. The maximum atomic E-state index is 12.8. The van der Waals surface area contributed by atoms with Crippen molar-refractivity contribution in [2.75, 3.05) is 0 Å². The monoisotopic (exact) mass is 416 g/mol. The number of hydrogen-bond acceptors (Lipinski definition) is 3. The molecule has 0 bridgehead atoms. The second-order valence-corrected chi connectivity index (χ2v) is 7.97. The van der Waals surface area contributed by atoms with E-state index in [2.05, 4.69) is 0 Å². The Morgan fingerprint density at radius 2 is 1.77 bits per heavy atom. The molecule has 0 radical (unpaired) electrons. The molecule has 4 heteroatoms. The van der Waals surface area contributed by atoms with Crippen LogP contribution in [-0.4, -0.2) is 12.1 Å². The van der Waals surface area contributed by atoms with Gasteiger partial charge in [-0.1, -0.05) is 41.9 Å². The highest BCUT2D eigenvalue weighted by Gasteiger charge is 2.25. The number of aryl methyl sites for hydroxylation is 1. The lowest BCUT2D eigenvalue weighted by Gasteiger charge is -2.08. The van der Waals surface area contributed by atoms with E-state index in [1.165, 1.54) is 0 Å². The van der Waals surface area contributed by atoms with Crippen molar-refractivity contribution in [3.63, 3.8) is 0 Å². The molecule has 0 aliphatic heterocycles. The Hall–Kier alpha value is -3.17. The summed E-state index contributed by atoms with van der Waals surface area (Å²) in [7, 11) is 0. The third-order valence-corrected chi connectivity index (χ3v) is 5.36. The van der Waals surface area contributed by atoms with E-state index < -0.39 is 0 Å². The fourth-order valence-corrected chi connectivity index (χ4v) is 3.98. The van der Waals surface area contributed by atoms with Crippen molar-refractivity contribution in [1.29, 1.82) is 0 Å². The van der Waals surface area contributed by atoms with Crippen LogP contribution in [-0.2, 0) is 24.2 Å². The van der Waals surface area contributed by atoms with Crippen LogP contribution in [0.15, 0.2) is 66.2 Å². The number of Topliss-reactive ketones (excluding diaryl/α,β-unsaturated/α-hetero) is 1. The SMILES string of the molecule is Cc1cc(Cl)cc(/C=C2\Cc3cc(OCc4ccc(CC=O)cc4)ccc3C2=O)c1. The molecule has 0 amide bonds. The van der Waals surface area contributed by atoms with E-state index >= 15 is 0 Å². The summed E-state index contributed by atoms with van der Waals surface area (Å²) in [5.74, 6) is 0.790.